The van der Waals surface area contributed by atoms with Crippen LogP contribution in [0.1, 0.15) is 42.4 Å². The molecule has 8 heteroatoms. The number of halogens is 1. The molecule has 0 unspecified atom stereocenters. The number of carbonyl (C=O) groups is 3. The number of piperazine rings is 1. The smallest absolute Gasteiger partial charge is 0.261 e. The Morgan fingerprint density at radius 3 is 2.30 bits per heavy atom. The number of hydrogen-bond acceptors (Lipinski definition) is 5. The number of benzene rings is 2. The lowest BCUT2D eigenvalue weighted by Gasteiger charge is -2.34. The number of amides is 3. The van der Waals surface area contributed by atoms with Crippen LogP contribution in [-0.4, -0.2) is 58.6 Å². The van der Waals surface area contributed by atoms with Crippen LogP contribution in [0.4, 0.5) is 0 Å². The Kier molecular flexibility index (Phi) is 5.74. The molecule has 3 aromatic rings. The van der Waals surface area contributed by atoms with E-state index in [9.17, 15) is 14.4 Å². The fraction of sp³-hybridized carbons (Fsp3) is 0.240. The summed E-state index contributed by atoms with van der Waals surface area (Å²) in [4.78, 5) is 43.9. The van der Waals surface area contributed by atoms with E-state index in [-0.39, 0.29) is 23.9 Å². The molecule has 1 fully saturated rings. The predicted molar refractivity (Wildman–Crippen MR) is 122 cm³/mol. The van der Waals surface area contributed by atoms with E-state index >= 15 is 0 Å². The van der Waals surface area contributed by atoms with Gasteiger partial charge in [0.15, 0.2) is 0 Å². The average molecular weight is 464 g/mol. The van der Waals surface area contributed by atoms with Crippen LogP contribution in [0, 0.1) is 0 Å². The van der Waals surface area contributed by atoms with Crippen molar-refractivity contribution in [3.8, 4) is 0 Å². The Morgan fingerprint density at radius 2 is 1.61 bits per heavy atom. The Balaban J connectivity index is 1.24. The van der Waals surface area contributed by atoms with Crippen LogP contribution in [0.2, 0.25) is 5.02 Å². The van der Waals surface area contributed by atoms with Gasteiger partial charge < -0.3 is 9.32 Å². The summed E-state index contributed by atoms with van der Waals surface area (Å²) in [7, 11) is 0. The number of hydrogen-bond donors (Lipinski definition) is 0. The van der Waals surface area contributed by atoms with Crippen LogP contribution in [-0.2, 0) is 13.1 Å². The summed E-state index contributed by atoms with van der Waals surface area (Å²) in [5.74, 6) is -0.388. The van der Waals surface area contributed by atoms with Gasteiger partial charge >= 0.3 is 0 Å². The maximum atomic E-state index is 13.1. The Hall–Kier alpha value is -3.42. The van der Waals surface area contributed by atoms with Crippen molar-refractivity contribution in [3.05, 3.63) is 93.9 Å². The highest BCUT2D eigenvalue weighted by Crippen LogP contribution is 2.26. The van der Waals surface area contributed by atoms with Gasteiger partial charge in [-0.15, -0.1) is 0 Å². The van der Waals surface area contributed by atoms with Crippen LogP contribution in [0.25, 0.3) is 0 Å². The first-order valence-corrected chi connectivity index (χ1v) is 11.2. The van der Waals surface area contributed by atoms with Crippen molar-refractivity contribution in [2.45, 2.75) is 13.1 Å². The molecule has 7 nitrogen and oxygen atoms in total. The summed E-state index contributed by atoms with van der Waals surface area (Å²) in [5.41, 5.74) is 2.18. The number of carbonyl (C=O) groups excluding carboxylic acids is 3. The number of furan rings is 1. The number of imide groups is 1. The molecule has 2 aliphatic rings. The number of fused-ring (bicyclic) bond motifs is 1. The summed E-state index contributed by atoms with van der Waals surface area (Å²) in [5, 5.41) is 0.716. The second-order valence-corrected chi connectivity index (χ2v) is 8.67. The predicted octanol–water partition coefficient (Wildman–Crippen LogP) is 3.69. The first-order valence-electron chi connectivity index (χ1n) is 10.8. The standard InChI is InChI=1S/C25H22ClN3O4/c26-19-6-3-17(4-7-19)15-27-9-11-28(12-10-27)23(30)18-5-8-21-22(14-18)25(32)29(24(21)31)16-20-2-1-13-33-20/h1-8,13-14H,9-12,15-16H2. The second-order valence-electron chi connectivity index (χ2n) is 8.23. The third kappa shape index (κ3) is 4.29. The molecule has 0 atom stereocenters. The van der Waals surface area contributed by atoms with Gasteiger partial charge in [0.25, 0.3) is 17.7 Å². The van der Waals surface area contributed by atoms with E-state index in [2.05, 4.69) is 4.90 Å². The van der Waals surface area contributed by atoms with E-state index in [0.717, 1.165) is 24.5 Å². The molecular weight excluding hydrogens is 442 g/mol. The Morgan fingerprint density at radius 1 is 0.879 bits per heavy atom. The zero-order valence-electron chi connectivity index (χ0n) is 17.9. The van der Waals surface area contributed by atoms with Crippen molar-refractivity contribution in [2.24, 2.45) is 0 Å². The minimum absolute atomic E-state index is 0.0677. The molecule has 0 aliphatic carbocycles. The van der Waals surface area contributed by atoms with Crippen LogP contribution in [0.3, 0.4) is 0 Å². The van der Waals surface area contributed by atoms with Gasteiger partial charge in [0.2, 0.25) is 0 Å². The average Bonchev–Trinajstić information content (AvgIpc) is 3.43. The molecular formula is C25H22ClN3O4. The van der Waals surface area contributed by atoms with Crippen LogP contribution in [0.15, 0.2) is 65.3 Å². The highest BCUT2D eigenvalue weighted by Gasteiger charge is 2.37. The molecule has 0 N–H and O–H groups in total. The van der Waals surface area contributed by atoms with Gasteiger partial charge in [0.05, 0.1) is 23.9 Å². The summed E-state index contributed by atoms with van der Waals surface area (Å²) in [6.07, 6.45) is 1.50. The van der Waals surface area contributed by atoms with Gasteiger partial charge in [-0.3, -0.25) is 24.2 Å². The van der Waals surface area contributed by atoms with Gasteiger partial charge in [-0.05, 0) is 48.0 Å². The summed E-state index contributed by atoms with van der Waals surface area (Å²) in [6, 6.07) is 15.9. The van der Waals surface area contributed by atoms with Crippen molar-refractivity contribution < 1.29 is 18.8 Å². The fourth-order valence-corrected chi connectivity index (χ4v) is 4.39. The van der Waals surface area contributed by atoms with E-state index < -0.39 is 5.91 Å². The van der Waals surface area contributed by atoms with E-state index in [1.807, 2.05) is 24.3 Å². The molecule has 0 spiro atoms. The van der Waals surface area contributed by atoms with Gasteiger partial charge in [-0.25, -0.2) is 0 Å². The first-order chi connectivity index (χ1) is 16.0. The van der Waals surface area contributed by atoms with Crippen molar-refractivity contribution in [2.75, 3.05) is 26.2 Å². The van der Waals surface area contributed by atoms with Crippen molar-refractivity contribution in [3.63, 3.8) is 0 Å². The second kappa shape index (κ2) is 8.84. The fourth-order valence-electron chi connectivity index (χ4n) is 4.27. The number of nitrogens with zero attached hydrogens (tertiary/aromatic N) is 3. The molecule has 0 radical (unpaired) electrons. The topological polar surface area (TPSA) is 74.1 Å². The molecule has 1 saturated heterocycles. The monoisotopic (exact) mass is 463 g/mol. The van der Waals surface area contributed by atoms with Crippen LogP contribution < -0.4 is 0 Å². The van der Waals surface area contributed by atoms with E-state index in [1.54, 1.807) is 35.2 Å². The lowest BCUT2D eigenvalue weighted by atomic mass is 10.0. The van der Waals surface area contributed by atoms with Crippen LogP contribution >= 0.6 is 11.6 Å². The minimum atomic E-state index is -0.408. The SMILES string of the molecule is O=C(c1ccc2c(c1)C(=O)N(Cc1ccco1)C2=O)N1CCN(Cc2ccc(Cl)cc2)CC1. The van der Waals surface area contributed by atoms with Gasteiger partial charge in [0.1, 0.15) is 5.76 Å². The third-order valence-corrected chi connectivity index (χ3v) is 6.34. The maximum Gasteiger partial charge on any atom is 0.261 e. The highest BCUT2D eigenvalue weighted by molar-refractivity contribution is 6.30. The number of rotatable bonds is 5. The molecule has 1 aromatic heterocycles. The summed E-state index contributed by atoms with van der Waals surface area (Å²) in [6.45, 7) is 3.58. The molecule has 0 saturated carbocycles. The van der Waals surface area contributed by atoms with E-state index in [4.69, 9.17) is 16.0 Å². The highest BCUT2D eigenvalue weighted by atomic mass is 35.5. The largest absolute Gasteiger partial charge is 0.467 e. The van der Waals surface area contributed by atoms with Gasteiger partial charge in [0, 0.05) is 43.3 Å². The zero-order chi connectivity index (χ0) is 22.9. The molecule has 3 heterocycles. The third-order valence-electron chi connectivity index (χ3n) is 6.09. The quantitative estimate of drug-likeness (QED) is 0.539. The normalized spacial score (nSPS) is 16.4. The lowest BCUT2D eigenvalue weighted by Crippen LogP contribution is -2.48. The molecule has 33 heavy (non-hydrogen) atoms. The van der Waals surface area contributed by atoms with Crippen molar-refractivity contribution in [1.29, 1.82) is 0 Å². The van der Waals surface area contributed by atoms with Gasteiger partial charge in [-0.1, -0.05) is 23.7 Å². The molecule has 2 aliphatic heterocycles. The molecule has 2 aromatic carbocycles. The van der Waals surface area contributed by atoms with E-state index in [0.29, 0.717) is 35.0 Å². The Bertz CT molecular complexity index is 1200. The van der Waals surface area contributed by atoms with Crippen molar-refractivity contribution in [1.82, 2.24) is 14.7 Å². The minimum Gasteiger partial charge on any atom is -0.467 e. The molecule has 0 bridgehead atoms. The maximum absolute atomic E-state index is 13.1. The summed E-state index contributed by atoms with van der Waals surface area (Å²) < 4.78 is 5.27. The first kappa shape index (κ1) is 21.4. The molecule has 3 amide bonds. The summed E-state index contributed by atoms with van der Waals surface area (Å²) >= 11 is 5.95. The molecule has 168 valence electrons. The van der Waals surface area contributed by atoms with Crippen LogP contribution in [0.5, 0.6) is 0 Å². The zero-order valence-corrected chi connectivity index (χ0v) is 18.6. The lowest BCUT2D eigenvalue weighted by molar-refractivity contribution is 0.0623. The van der Waals surface area contributed by atoms with Crippen molar-refractivity contribution >= 4 is 29.3 Å². The molecule has 5 rings (SSSR count). The Labute approximate surface area is 196 Å². The van der Waals surface area contributed by atoms with E-state index in [1.165, 1.54) is 11.8 Å². The van der Waals surface area contributed by atoms with Gasteiger partial charge in [-0.2, -0.15) is 0 Å².